The Morgan fingerprint density at radius 1 is 0.631 bits per heavy atom. The van der Waals surface area contributed by atoms with E-state index in [4.69, 9.17) is 35.5 Å². The molecule has 8 rings (SSSR count). The van der Waals surface area contributed by atoms with Crippen molar-refractivity contribution in [3.05, 3.63) is 131 Å². The molecule has 2 aliphatic heterocycles. The normalized spacial score (nSPS) is 13.5. The Morgan fingerprint density at radius 3 is 1.49 bits per heavy atom. The van der Waals surface area contributed by atoms with Crippen LogP contribution in [0.3, 0.4) is 0 Å². The number of nitrogens with two attached hydrogens (primary N) is 2. The molecule has 2 aromatic carbocycles. The molecule has 0 bridgehead atoms. The summed E-state index contributed by atoms with van der Waals surface area (Å²) in [6.45, 7) is 7.46. The first kappa shape index (κ1) is 50.8. The van der Waals surface area contributed by atoms with Crippen LogP contribution in [-0.2, 0) is 0 Å². The largest absolute Gasteiger partial charge is 0.493 e. The van der Waals surface area contributed by atoms with E-state index >= 15 is 0 Å². The summed E-state index contributed by atoms with van der Waals surface area (Å²) >= 11 is 0. The third-order valence-electron chi connectivity index (χ3n) is 10.5. The summed E-state index contributed by atoms with van der Waals surface area (Å²) in [4.78, 5) is 33.7. The van der Waals surface area contributed by atoms with Gasteiger partial charge in [-0.1, -0.05) is 36.4 Å². The van der Waals surface area contributed by atoms with Gasteiger partial charge in [0.1, 0.15) is 28.8 Å². The van der Waals surface area contributed by atoms with Crippen molar-refractivity contribution in [1.82, 2.24) is 40.6 Å². The topological polar surface area (TPSA) is 236 Å². The first-order valence-corrected chi connectivity index (χ1v) is 20.5. The number of nitrogens with zero attached hydrogens (tertiary/aromatic N) is 7. The number of piperidine rings is 2. The molecule has 0 unspecified atom stereocenters. The van der Waals surface area contributed by atoms with Gasteiger partial charge in [0.2, 0.25) is 0 Å². The van der Waals surface area contributed by atoms with E-state index in [0.29, 0.717) is 70.8 Å². The number of ether oxygens (including phenoxy) is 4. The fourth-order valence-electron chi connectivity index (χ4n) is 7.24. The van der Waals surface area contributed by atoms with Gasteiger partial charge in [-0.15, -0.1) is 35.0 Å². The number of halogens is 2. The summed E-state index contributed by atoms with van der Waals surface area (Å²) in [5.74, 6) is 3.44. The zero-order valence-electron chi connectivity index (χ0n) is 36.5. The standard InChI is InChI=1S/C23H25N5O3.C13H11NO4.C10H16N4.2ClH/c1-15-12-21(24)26-27-22(15)16-8-10-28(11-9-16)23(29)18-13-19(30-2)20(14-25-18)31-17-6-4-3-5-7-17;1-17-11-7-10(13(15)16)14-8-12(11)18-9-5-3-2-4-6-9;1-7-6-9(11)13-14-10(7)8-2-4-12-5-3-8;;/h3-7,12-14,16H,8-11H2,1-2H3,(H2,24,26);2-8H,1H3,(H,15,16);6,8,12H,2-5H2,1H3,(H2,11,13);2*1H. The molecule has 2 aliphatic rings. The minimum atomic E-state index is -1.11. The average Bonchev–Trinajstić information content (AvgIpc) is 3.30. The highest BCUT2D eigenvalue weighted by Crippen LogP contribution is 2.34. The van der Waals surface area contributed by atoms with Crippen molar-refractivity contribution in [3.63, 3.8) is 0 Å². The zero-order chi connectivity index (χ0) is 44.7. The van der Waals surface area contributed by atoms with Crippen LogP contribution in [0.2, 0.25) is 0 Å². The minimum Gasteiger partial charge on any atom is -0.493 e. The van der Waals surface area contributed by atoms with Crippen LogP contribution in [-0.4, -0.2) is 92.6 Å². The van der Waals surface area contributed by atoms with E-state index in [1.807, 2.05) is 72.5 Å². The van der Waals surface area contributed by atoms with Crippen molar-refractivity contribution in [2.75, 3.05) is 51.9 Å². The van der Waals surface area contributed by atoms with Gasteiger partial charge in [0, 0.05) is 37.1 Å². The van der Waals surface area contributed by atoms with E-state index in [1.54, 1.807) is 25.3 Å². The highest BCUT2D eigenvalue weighted by molar-refractivity contribution is 5.93. The SMILES string of the molecule is COc1cc(C(=O)N2CCC(c3nnc(N)cc3C)CC2)ncc1Oc1ccccc1.COc1cc(C(=O)O)ncc1Oc1ccccc1.Cc1cc(N)nnc1C1CCNCC1.Cl.Cl. The monoisotopic (exact) mass is 928 g/mol. The van der Waals surface area contributed by atoms with Crippen LogP contribution in [0.1, 0.15) is 81.0 Å². The Kier molecular flexibility index (Phi) is 19.4. The summed E-state index contributed by atoms with van der Waals surface area (Å²) in [5.41, 5.74) is 15.8. The molecular weight excluding hydrogens is 875 g/mol. The summed E-state index contributed by atoms with van der Waals surface area (Å²) in [6, 6.07) is 25.2. The second kappa shape index (κ2) is 24.9. The van der Waals surface area contributed by atoms with Crippen molar-refractivity contribution in [2.45, 2.75) is 51.4 Å². The number of carboxylic acids is 1. The van der Waals surface area contributed by atoms with Gasteiger partial charge in [-0.25, -0.2) is 14.8 Å². The van der Waals surface area contributed by atoms with E-state index in [1.165, 1.54) is 31.1 Å². The number of anilines is 2. The lowest BCUT2D eigenvalue weighted by Gasteiger charge is -2.32. The maximum atomic E-state index is 13.0. The summed E-state index contributed by atoms with van der Waals surface area (Å²) in [5, 5.41) is 28.6. The number of aromatic carboxylic acids is 1. The summed E-state index contributed by atoms with van der Waals surface area (Å²) in [7, 11) is 2.99. The predicted octanol–water partition coefficient (Wildman–Crippen LogP) is 7.84. The molecule has 344 valence electrons. The Balaban J connectivity index is 0.000000231. The van der Waals surface area contributed by atoms with Gasteiger partial charge < -0.3 is 45.7 Å². The number of carbonyl (C=O) groups is 2. The lowest BCUT2D eigenvalue weighted by Crippen LogP contribution is -2.38. The van der Waals surface area contributed by atoms with Crippen LogP contribution in [0.25, 0.3) is 0 Å². The smallest absolute Gasteiger partial charge is 0.354 e. The quantitative estimate of drug-likeness (QED) is 0.102. The number of nitrogens with one attached hydrogen (secondary N) is 1. The van der Waals surface area contributed by atoms with Crippen LogP contribution in [0.15, 0.2) is 97.3 Å². The van der Waals surface area contributed by atoms with Gasteiger partial charge in [0.15, 0.2) is 28.7 Å². The second-order valence-corrected chi connectivity index (χ2v) is 14.8. The number of amides is 1. The zero-order valence-corrected chi connectivity index (χ0v) is 38.2. The number of para-hydroxylation sites is 2. The first-order chi connectivity index (χ1) is 30.5. The van der Waals surface area contributed by atoms with Gasteiger partial charge in [-0.05, 0) is 100 Å². The van der Waals surface area contributed by atoms with Crippen molar-refractivity contribution in [2.24, 2.45) is 0 Å². The molecule has 6 aromatic rings. The highest BCUT2D eigenvalue weighted by Gasteiger charge is 2.28. The molecule has 6 N–H and O–H groups in total. The molecule has 6 heterocycles. The average molecular weight is 930 g/mol. The molecule has 2 fully saturated rings. The predicted molar refractivity (Wildman–Crippen MR) is 251 cm³/mol. The number of aryl methyl sites for hydroxylation is 2. The van der Waals surface area contributed by atoms with Gasteiger partial charge in [-0.3, -0.25) is 4.79 Å². The maximum absolute atomic E-state index is 13.0. The van der Waals surface area contributed by atoms with Gasteiger partial charge >= 0.3 is 5.97 Å². The first-order valence-electron chi connectivity index (χ1n) is 20.5. The van der Waals surface area contributed by atoms with E-state index in [0.717, 1.165) is 55.7 Å². The van der Waals surface area contributed by atoms with Crippen molar-refractivity contribution >= 4 is 48.3 Å². The molecule has 2 saturated heterocycles. The number of benzene rings is 2. The molecule has 17 nitrogen and oxygen atoms in total. The van der Waals surface area contributed by atoms with Crippen molar-refractivity contribution in [1.29, 1.82) is 0 Å². The number of carbonyl (C=O) groups excluding carboxylic acids is 1. The number of carboxylic acid groups (broad SMARTS) is 1. The fraction of sp³-hybridized carbons (Fsp3) is 0.304. The fourth-order valence-corrected chi connectivity index (χ4v) is 7.24. The molecule has 0 saturated carbocycles. The molecule has 65 heavy (non-hydrogen) atoms. The molecule has 0 radical (unpaired) electrons. The highest BCUT2D eigenvalue weighted by atomic mass is 35.5. The number of nitrogen functional groups attached to an aromatic ring is 2. The molecule has 1 amide bonds. The Labute approximate surface area is 390 Å². The van der Waals surface area contributed by atoms with E-state index in [-0.39, 0.29) is 42.3 Å². The lowest BCUT2D eigenvalue weighted by atomic mass is 9.91. The van der Waals surface area contributed by atoms with Crippen molar-refractivity contribution < 1.29 is 33.6 Å². The molecular formula is C46H54Cl2N10O7. The third kappa shape index (κ3) is 14.1. The number of aromatic nitrogens is 6. The van der Waals surface area contributed by atoms with Crippen LogP contribution < -0.4 is 35.7 Å². The number of hydrogen-bond acceptors (Lipinski definition) is 15. The van der Waals surface area contributed by atoms with E-state index < -0.39 is 5.97 Å². The number of hydrogen-bond donors (Lipinski definition) is 4. The molecule has 0 atom stereocenters. The maximum Gasteiger partial charge on any atom is 0.354 e. The van der Waals surface area contributed by atoms with Gasteiger partial charge in [0.05, 0.1) is 38.0 Å². The number of methoxy groups -OCH3 is 2. The lowest BCUT2D eigenvalue weighted by molar-refractivity contribution is 0.0686. The van der Waals surface area contributed by atoms with Crippen LogP contribution >= 0.6 is 24.8 Å². The van der Waals surface area contributed by atoms with Crippen LogP contribution in [0.5, 0.6) is 34.5 Å². The molecule has 4 aromatic heterocycles. The number of rotatable bonds is 10. The third-order valence-corrected chi connectivity index (χ3v) is 10.5. The second-order valence-electron chi connectivity index (χ2n) is 14.8. The van der Waals surface area contributed by atoms with E-state index in [9.17, 15) is 9.59 Å². The van der Waals surface area contributed by atoms with Crippen LogP contribution in [0.4, 0.5) is 11.6 Å². The summed E-state index contributed by atoms with van der Waals surface area (Å²) in [6.07, 6.45) is 6.79. The summed E-state index contributed by atoms with van der Waals surface area (Å²) < 4.78 is 21.9. The number of likely N-dealkylation sites (tertiary alicyclic amines) is 1. The molecule has 19 heteroatoms. The van der Waals surface area contributed by atoms with E-state index in [2.05, 4.69) is 42.6 Å². The van der Waals surface area contributed by atoms with Crippen LogP contribution in [0, 0.1) is 13.8 Å². The van der Waals surface area contributed by atoms with Gasteiger partial charge in [-0.2, -0.15) is 10.2 Å². The molecule has 0 aliphatic carbocycles. The number of pyridine rings is 2. The van der Waals surface area contributed by atoms with Gasteiger partial charge in [0.25, 0.3) is 5.91 Å². The molecule has 0 spiro atoms. The Hall–Kier alpha value is -6.82. The van der Waals surface area contributed by atoms with Crippen molar-refractivity contribution in [3.8, 4) is 34.5 Å². The minimum absolute atomic E-state index is 0. The Morgan fingerprint density at radius 2 is 1.06 bits per heavy atom. The Bertz CT molecular complexity index is 2460.